The van der Waals surface area contributed by atoms with Crippen LogP contribution in [0.4, 0.5) is 5.69 Å². The normalized spacial score (nSPS) is 10.9. The zero-order valence-corrected chi connectivity index (χ0v) is 17.8. The fourth-order valence-corrected chi connectivity index (χ4v) is 3.37. The summed E-state index contributed by atoms with van der Waals surface area (Å²) in [6, 6.07) is 17.2. The maximum atomic E-state index is 12.3. The molecule has 0 aliphatic heterocycles. The molecule has 1 heterocycles. The molecule has 5 nitrogen and oxygen atoms in total. The highest BCUT2D eigenvalue weighted by Crippen LogP contribution is 2.26. The highest BCUT2D eigenvalue weighted by atomic mass is 35.5. The molecule has 0 saturated carbocycles. The number of H-pyrrole nitrogens is 1. The number of halogens is 1. The first-order valence-corrected chi connectivity index (χ1v) is 10.0. The number of benzene rings is 3. The van der Waals surface area contributed by atoms with Crippen molar-refractivity contribution in [2.75, 3.05) is 11.9 Å². The Morgan fingerprint density at radius 3 is 2.60 bits per heavy atom. The van der Waals surface area contributed by atoms with Gasteiger partial charge in [0.25, 0.3) is 5.91 Å². The highest BCUT2D eigenvalue weighted by Gasteiger charge is 2.09. The summed E-state index contributed by atoms with van der Waals surface area (Å²) in [7, 11) is 0. The Labute approximate surface area is 180 Å². The fraction of sp³-hybridized carbons (Fsp3) is 0.167. The van der Waals surface area contributed by atoms with Crippen LogP contribution in [0.25, 0.3) is 22.4 Å². The molecule has 6 heteroatoms. The Morgan fingerprint density at radius 2 is 1.83 bits per heavy atom. The molecule has 0 fully saturated rings. The molecule has 4 rings (SSSR count). The Hall–Kier alpha value is -3.31. The van der Waals surface area contributed by atoms with Crippen LogP contribution in [0.5, 0.6) is 5.75 Å². The number of ether oxygens (including phenoxy) is 1. The lowest BCUT2D eigenvalue weighted by molar-refractivity contribution is -0.118. The summed E-state index contributed by atoms with van der Waals surface area (Å²) in [6.45, 7) is 5.91. The van der Waals surface area contributed by atoms with E-state index < -0.39 is 0 Å². The number of aromatic amines is 1. The SMILES string of the molecule is Cc1cc2[nH]c(-c3ccc(NC(=O)COc4cccc(C)c4C)cc3)nc2cc1Cl. The van der Waals surface area contributed by atoms with Gasteiger partial charge in [0.2, 0.25) is 0 Å². The third-order valence-corrected chi connectivity index (χ3v) is 5.53. The largest absolute Gasteiger partial charge is 0.483 e. The molecule has 152 valence electrons. The van der Waals surface area contributed by atoms with E-state index in [1.807, 2.05) is 75.4 Å². The minimum atomic E-state index is -0.211. The van der Waals surface area contributed by atoms with Gasteiger partial charge in [-0.3, -0.25) is 4.79 Å². The quantitative estimate of drug-likeness (QED) is 0.428. The molecule has 30 heavy (non-hydrogen) atoms. The van der Waals surface area contributed by atoms with Gasteiger partial charge in [0, 0.05) is 16.3 Å². The summed E-state index contributed by atoms with van der Waals surface area (Å²) >= 11 is 6.19. The maximum Gasteiger partial charge on any atom is 0.262 e. The predicted octanol–water partition coefficient (Wildman–Crippen LogP) is 5.83. The predicted molar refractivity (Wildman–Crippen MR) is 121 cm³/mol. The number of carbonyl (C=O) groups is 1. The van der Waals surface area contributed by atoms with E-state index in [9.17, 15) is 4.79 Å². The summed E-state index contributed by atoms with van der Waals surface area (Å²) in [5, 5.41) is 3.55. The van der Waals surface area contributed by atoms with Crippen molar-refractivity contribution in [2.45, 2.75) is 20.8 Å². The summed E-state index contributed by atoms with van der Waals surface area (Å²) in [4.78, 5) is 20.2. The first kappa shape index (κ1) is 20.0. The van der Waals surface area contributed by atoms with Gasteiger partial charge in [-0.25, -0.2) is 4.98 Å². The van der Waals surface area contributed by atoms with E-state index >= 15 is 0 Å². The average Bonchev–Trinajstić information content (AvgIpc) is 3.12. The number of aromatic nitrogens is 2. The van der Waals surface area contributed by atoms with Gasteiger partial charge in [0.1, 0.15) is 11.6 Å². The maximum absolute atomic E-state index is 12.3. The van der Waals surface area contributed by atoms with E-state index in [2.05, 4.69) is 15.3 Å². The molecular weight excluding hydrogens is 398 g/mol. The summed E-state index contributed by atoms with van der Waals surface area (Å²) in [6.07, 6.45) is 0. The van der Waals surface area contributed by atoms with Crippen molar-refractivity contribution in [2.24, 2.45) is 0 Å². The molecule has 0 atom stereocenters. The van der Waals surface area contributed by atoms with Crippen molar-refractivity contribution >= 4 is 34.2 Å². The Balaban J connectivity index is 1.42. The number of fused-ring (bicyclic) bond motifs is 1. The lowest BCUT2D eigenvalue weighted by Crippen LogP contribution is -2.20. The van der Waals surface area contributed by atoms with E-state index in [4.69, 9.17) is 16.3 Å². The lowest BCUT2D eigenvalue weighted by atomic mass is 10.1. The second-order valence-electron chi connectivity index (χ2n) is 7.32. The van der Waals surface area contributed by atoms with Crippen molar-refractivity contribution < 1.29 is 9.53 Å². The number of nitrogens with one attached hydrogen (secondary N) is 2. The van der Waals surface area contributed by atoms with E-state index in [-0.39, 0.29) is 12.5 Å². The zero-order valence-electron chi connectivity index (χ0n) is 17.0. The zero-order chi connectivity index (χ0) is 21.3. The molecule has 4 aromatic rings. The first-order chi connectivity index (χ1) is 14.4. The van der Waals surface area contributed by atoms with Crippen molar-refractivity contribution in [3.8, 4) is 17.1 Å². The monoisotopic (exact) mass is 419 g/mol. The van der Waals surface area contributed by atoms with E-state index in [1.54, 1.807) is 0 Å². The molecule has 0 spiro atoms. The number of imidazole rings is 1. The Bertz CT molecular complexity index is 1190. The molecule has 1 amide bonds. The van der Waals surface area contributed by atoms with Gasteiger partial charge in [0.05, 0.1) is 11.0 Å². The van der Waals surface area contributed by atoms with Crippen LogP contribution in [0.2, 0.25) is 5.02 Å². The second-order valence-corrected chi connectivity index (χ2v) is 7.72. The molecule has 0 radical (unpaired) electrons. The van der Waals surface area contributed by atoms with Crippen LogP contribution in [0.1, 0.15) is 16.7 Å². The van der Waals surface area contributed by atoms with Gasteiger partial charge < -0.3 is 15.0 Å². The fourth-order valence-electron chi connectivity index (χ4n) is 3.21. The molecule has 3 aromatic carbocycles. The number of anilines is 1. The topological polar surface area (TPSA) is 67.0 Å². The van der Waals surface area contributed by atoms with Gasteiger partial charge in [-0.2, -0.15) is 0 Å². The average molecular weight is 420 g/mol. The number of aryl methyl sites for hydroxylation is 2. The van der Waals surface area contributed by atoms with Gasteiger partial charge in [0.15, 0.2) is 6.61 Å². The smallest absolute Gasteiger partial charge is 0.262 e. The van der Waals surface area contributed by atoms with E-state index in [0.29, 0.717) is 10.7 Å². The number of nitrogens with zero attached hydrogens (tertiary/aromatic N) is 1. The number of amides is 1. The number of carbonyl (C=O) groups excluding carboxylic acids is 1. The van der Waals surface area contributed by atoms with Crippen LogP contribution < -0.4 is 10.1 Å². The molecule has 1 aromatic heterocycles. The summed E-state index contributed by atoms with van der Waals surface area (Å²) in [5.74, 6) is 1.26. The lowest BCUT2D eigenvalue weighted by Gasteiger charge is -2.11. The summed E-state index contributed by atoms with van der Waals surface area (Å²) in [5.41, 5.74) is 6.55. The minimum Gasteiger partial charge on any atom is -0.483 e. The van der Waals surface area contributed by atoms with Crippen molar-refractivity contribution in [3.05, 3.63) is 76.3 Å². The van der Waals surface area contributed by atoms with Crippen LogP contribution in [-0.2, 0) is 4.79 Å². The van der Waals surface area contributed by atoms with Crippen LogP contribution >= 0.6 is 11.6 Å². The van der Waals surface area contributed by atoms with Crippen LogP contribution in [0, 0.1) is 20.8 Å². The standard InChI is InChI=1S/C24H22ClN3O2/c1-14-5-4-6-22(16(14)3)30-13-23(29)26-18-9-7-17(8-10-18)24-27-20-11-15(2)19(25)12-21(20)28-24/h4-12H,13H2,1-3H3,(H,26,29)(H,27,28). The second kappa shape index (κ2) is 8.20. The molecule has 0 unspecified atom stereocenters. The van der Waals surface area contributed by atoms with Gasteiger partial charge in [-0.05, 0) is 79.9 Å². The molecule has 0 aliphatic rings. The van der Waals surface area contributed by atoms with Crippen LogP contribution in [0.15, 0.2) is 54.6 Å². The Kier molecular flexibility index (Phi) is 5.46. The minimum absolute atomic E-state index is 0.0459. The van der Waals surface area contributed by atoms with E-state index in [1.165, 1.54) is 0 Å². The van der Waals surface area contributed by atoms with Crippen molar-refractivity contribution in [1.29, 1.82) is 0 Å². The third kappa shape index (κ3) is 4.16. The molecule has 0 bridgehead atoms. The van der Waals surface area contributed by atoms with Gasteiger partial charge >= 0.3 is 0 Å². The molecular formula is C24H22ClN3O2. The van der Waals surface area contributed by atoms with Crippen molar-refractivity contribution in [1.82, 2.24) is 9.97 Å². The summed E-state index contributed by atoms with van der Waals surface area (Å²) < 4.78 is 5.66. The van der Waals surface area contributed by atoms with Crippen molar-refractivity contribution in [3.63, 3.8) is 0 Å². The van der Waals surface area contributed by atoms with Crippen LogP contribution in [-0.4, -0.2) is 22.5 Å². The highest BCUT2D eigenvalue weighted by molar-refractivity contribution is 6.32. The van der Waals surface area contributed by atoms with Crippen LogP contribution in [0.3, 0.4) is 0 Å². The third-order valence-electron chi connectivity index (χ3n) is 5.12. The molecule has 2 N–H and O–H groups in total. The first-order valence-electron chi connectivity index (χ1n) is 9.66. The number of rotatable bonds is 5. The molecule has 0 saturated heterocycles. The van der Waals surface area contributed by atoms with Gasteiger partial charge in [-0.15, -0.1) is 0 Å². The van der Waals surface area contributed by atoms with E-state index in [0.717, 1.165) is 44.9 Å². The van der Waals surface area contributed by atoms with Gasteiger partial charge in [-0.1, -0.05) is 23.7 Å². The Morgan fingerprint density at radius 1 is 1.07 bits per heavy atom. The number of hydrogen-bond acceptors (Lipinski definition) is 3. The number of hydrogen-bond donors (Lipinski definition) is 2. The molecule has 0 aliphatic carbocycles.